The molecule has 3 aromatic rings. The molecule has 0 aromatic heterocycles. The average molecular weight is 594 g/mol. The zero-order valence-electron chi connectivity index (χ0n) is 8.44. The van der Waals surface area contributed by atoms with Crippen LogP contribution < -0.4 is 6.44 Å². The first kappa shape index (κ1) is 11.1. The summed E-state index contributed by atoms with van der Waals surface area (Å²) in [7, 11) is 0. The summed E-state index contributed by atoms with van der Waals surface area (Å²) >= 11 is 3.06. The van der Waals surface area contributed by atoms with Gasteiger partial charge >= 0.3 is 127 Å². The van der Waals surface area contributed by atoms with Crippen LogP contribution in [0.4, 0.5) is 0 Å². The molecule has 0 aliphatic heterocycles. The molecule has 0 heterocycles. The van der Waals surface area contributed by atoms with Crippen molar-refractivity contribution in [2.45, 2.75) is 0 Å². The van der Waals surface area contributed by atoms with Crippen LogP contribution in [0.5, 0.6) is 0 Å². The molecule has 0 aliphatic rings. The van der Waals surface area contributed by atoms with Gasteiger partial charge in [0.15, 0.2) is 0 Å². The molecule has 76 valence electrons. The fraction of sp³-hybridized carbons (Fsp3) is 0. The van der Waals surface area contributed by atoms with Gasteiger partial charge in [-0.3, -0.25) is 0 Å². The van der Waals surface area contributed by atoms with Crippen LogP contribution >= 0.6 is 0 Å². The van der Waals surface area contributed by atoms with Crippen LogP contribution in [0.25, 0.3) is 21.5 Å². The molecule has 0 spiro atoms. The van der Waals surface area contributed by atoms with Crippen LogP contribution in [0.15, 0.2) is 48.5 Å². The molecule has 0 nitrogen and oxygen atoms in total. The molecule has 0 bridgehead atoms. The molecule has 0 unspecified atom stereocenters. The van der Waals surface area contributed by atoms with E-state index in [1.54, 1.807) is 0 Å². The topological polar surface area (TPSA) is 0 Å². The Morgan fingerprint density at radius 3 is 1.38 bits per heavy atom. The maximum absolute atomic E-state index is 2.30. The number of fused-ring (bicyclic) bond motifs is 2. The normalized spacial score (nSPS) is 11.0. The van der Waals surface area contributed by atoms with Crippen molar-refractivity contribution in [1.29, 1.82) is 0 Å². The SMILES string of the molecule is [Po][c]1ccc2cc3c[c]([Po])ccc3cc2c1. The van der Waals surface area contributed by atoms with Crippen LogP contribution in [0.1, 0.15) is 0 Å². The number of benzene rings is 3. The first-order valence-corrected chi connectivity index (χ1v) is 8.21. The third kappa shape index (κ3) is 2.04. The zero-order valence-corrected chi connectivity index (χ0v) is 14.8. The molecule has 2 heteroatoms. The zero-order chi connectivity index (χ0) is 11.1. The third-order valence-corrected chi connectivity index (χ3v) is 4.71. The van der Waals surface area contributed by atoms with Crippen molar-refractivity contribution >= 4 is 78.1 Å². The van der Waals surface area contributed by atoms with Crippen LogP contribution in [-0.4, -0.2) is 50.1 Å². The predicted molar refractivity (Wildman–Crippen MR) is 72.2 cm³/mol. The van der Waals surface area contributed by atoms with Gasteiger partial charge in [0.1, 0.15) is 0 Å². The van der Waals surface area contributed by atoms with Crippen LogP contribution in [0, 0.1) is 0 Å². The van der Waals surface area contributed by atoms with Crippen molar-refractivity contribution < 1.29 is 0 Å². The molecule has 0 saturated heterocycles. The van der Waals surface area contributed by atoms with Crippen molar-refractivity contribution in [3.63, 3.8) is 0 Å². The molecular formula is C14H8Po2. The number of hydrogen-bond donors (Lipinski definition) is 0. The molecule has 0 aliphatic carbocycles. The van der Waals surface area contributed by atoms with Crippen molar-refractivity contribution in [3.8, 4) is 0 Å². The summed E-state index contributed by atoms with van der Waals surface area (Å²) in [4.78, 5) is 0. The van der Waals surface area contributed by atoms with E-state index >= 15 is 0 Å². The Hall–Kier alpha value is -0.0278. The van der Waals surface area contributed by atoms with Gasteiger partial charge in [-0.2, -0.15) is 0 Å². The van der Waals surface area contributed by atoms with Crippen LogP contribution in [0.3, 0.4) is 0 Å². The second-order valence-electron chi connectivity index (χ2n) is 3.87. The second kappa shape index (κ2) is 4.33. The second-order valence-corrected chi connectivity index (χ2v) is 7.54. The van der Waals surface area contributed by atoms with Crippen LogP contribution in [-0.2, 0) is 0 Å². The Kier molecular flexibility index (Phi) is 3.00. The molecule has 3 rings (SSSR count). The van der Waals surface area contributed by atoms with E-state index < -0.39 is 0 Å². The van der Waals surface area contributed by atoms with Crippen molar-refractivity contribution in [1.82, 2.24) is 0 Å². The van der Waals surface area contributed by atoms with Gasteiger partial charge in [-0.25, -0.2) is 0 Å². The minimum absolute atomic E-state index is 1.35. The first-order chi connectivity index (χ1) is 7.72. The Morgan fingerprint density at radius 1 is 0.500 bits per heavy atom. The van der Waals surface area contributed by atoms with E-state index in [2.05, 4.69) is 48.5 Å². The summed E-state index contributed by atoms with van der Waals surface area (Å²) in [5.74, 6) is 0. The van der Waals surface area contributed by atoms with Gasteiger partial charge in [0.25, 0.3) is 0 Å². The van der Waals surface area contributed by atoms with Gasteiger partial charge in [0.05, 0.1) is 0 Å². The summed E-state index contributed by atoms with van der Waals surface area (Å²) in [5.41, 5.74) is 0. The van der Waals surface area contributed by atoms with E-state index in [1.807, 2.05) is 0 Å². The average Bonchev–Trinajstić information content (AvgIpc) is 2.26. The van der Waals surface area contributed by atoms with E-state index in [1.165, 1.54) is 78.1 Å². The Morgan fingerprint density at radius 2 is 0.938 bits per heavy atom. The molecule has 3 aromatic carbocycles. The van der Waals surface area contributed by atoms with Gasteiger partial charge in [0, 0.05) is 0 Å². The fourth-order valence-electron chi connectivity index (χ4n) is 1.95. The molecule has 0 atom stereocenters. The molecule has 2 radical (unpaired) electrons. The van der Waals surface area contributed by atoms with E-state index in [9.17, 15) is 0 Å². The Bertz CT molecular complexity index is 625. The predicted octanol–water partition coefficient (Wildman–Crippen LogP) is 1.58. The molecule has 0 saturated carbocycles. The summed E-state index contributed by atoms with van der Waals surface area (Å²) in [6.45, 7) is 0. The van der Waals surface area contributed by atoms with Gasteiger partial charge < -0.3 is 0 Å². The van der Waals surface area contributed by atoms with Gasteiger partial charge in [-0.15, -0.1) is 0 Å². The monoisotopic (exact) mass is 594 g/mol. The fourth-order valence-corrected chi connectivity index (χ4v) is 3.47. The van der Waals surface area contributed by atoms with E-state index in [-0.39, 0.29) is 0 Å². The molecule has 16 heavy (non-hydrogen) atoms. The van der Waals surface area contributed by atoms with Gasteiger partial charge in [-0.05, 0) is 0 Å². The van der Waals surface area contributed by atoms with E-state index in [4.69, 9.17) is 0 Å². The molecular weight excluding hydrogens is 586 g/mol. The first-order valence-electron chi connectivity index (χ1n) is 5.04. The standard InChI is InChI=1S/C14H8.2Po/c1-2-6-12-10-14-8-4-3-7-13(14)9-11(12)5-1;;/h1,4-10H;;. The Labute approximate surface area is 125 Å². The third-order valence-electron chi connectivity index (χ3n) is 2.74. The maximum atomic E-state index is 2.30. The van der Waals surface area contributed by atoms with E-state index in [0.29, 0.717) is 0 Å². The quantitative estimate of drug-likeness (QED) is 0.348. The summed E-state index contributed by atoms with van der Waals surface area (Å²) in [5, 5.41) is 5.41. The molecule has 0 fully saturated rings. The van der Waals surface area contributed by atoms with Crippen molar-refractivity contribution in [3.05, 3.63) is 48.5 Å². The molecule has 0 amide bonds. The van der Waals surface area contributed by atoms with E-state index in [0.717, 1.165) is 0 Å². The van der Waals surface area contributed by atoms with Crippen LogP contribution in [0.2, 0.25) is 0 Å². The summed E-state index contributed by atoms with van der Waals surface area (Å²) in [6.07, 6.45) is 0. The number of rotatable bonds is 0. The Balaban J connectivity index is 2.44. The summed E-state index contributed by atoms with van der Waals surface area (Å²) in [6, 6.07) is 18.1. The summed E-state index contributed by atoms with van der Waals surface area (Å²) < 4.78 is 2.81. The van der Waals surface area contributed by atoms with Gasteiger partial charge in [0.2, 0.25) is 0 Å². The molecule has 0 N–H and O–H groups in total. The number of hydrogen-bond acceptors (Lipinski definition) is 0. The van der Waals surface area contributed by atoms with Crippen molar-refractivity contribution in [2.75, 3.05) is 0 Å². The van der Waals surface area contributed by atoms with Crippen molar-refractivity contribution in [2.24, 2.45) is 0 Å². The minimum atomic E-state index is 1.35. The van der Waals surface area contributed by atoms with Gasteiger partial charge in [-0.1, -0.05) is 0 Å².